The van der Waals surface area contributed by atoms with E-state index in [2.05, 4.69) is 0 Å². The second kappa shape index (κ2) is 6.28. The topological polar surface area (TPSA) is 74.3 Å². The van der Waals surface area contributed by atoms with Gasteiger partial charge < -0.3 is 9.90 Å². The third kappa shape index (κ3) is 2.53. The molecule has 0 saturated carbocycles. The predicted octanol–water partition coefficient (Wildman–Crippen LogP) is 2.98. The first-order chi connectivity index (χ1) is 12.6. The van der Waals surface area contributed by atoms with Gasteiger partial charge in [-0.2, -0.15) is 0 Å². The van der Waals surface area contributed by atoms with E-state index in [1.54, 1.807) is 60.7 Å². The van der Waals surface area contributed by atoms with Crippen LogP contribution in [0.5, 0.6) is 0 Å². The van der Waals surface area contributed by atoms with Crippen LogP contribution in [-0.4, -0.2) is 17.5 Å². The molecule has 0 saturated heterocycles. The van der Waals surface area contributed by atoms with Gasteiger partial charge in [0.25, 0.3) is 0 Å². The lowest BCUT2D eigenvalue weighted by Gasteiger charge is -2.20. The van der Waals surface area contributed by atoms with Crippen LogP contribution < -0.4 is 5.11 Å². The highest BCUT2D eigenvalue weighted by Gasteiger charge is 2.31. The zero-order valence-corrected chi connectivity index (χ0v) is 14.2. The molecule has 4 nitrogen and oxygen atoms in total. The largest absolute Gasteiger partial charge is 0.545 e. The maximum absolute atomic E-state index is 13.0. The summed E-state index contributed by atoms with van der Waals surface area (Å²) in [6, 6.07) is 18.2. The van der Waals surface area contributed by atoms with Gasteiger partial charge in [0.05, 0.1) is 5.97 Å². The number of hydrogen-bond donors (Lipinski definition) is 0. The van der Waals surface area contributed by atoms with Crippen molar-refractivity contribution in [2.45, 2.75) is 9.79 Å². The second-order valence-corrected chi connectivity index (χ2v) is 6.85. The smallest absolute Gasteiger partial charge is 0.195 e. The molecule has 0 radical (unpaired) electrons. The number of rotatable bonds is 3. The SMILES string of the molecule is O=C([O-])c1ccccc1Sc1cccc2c1C(=O)c1ccccc1C2=O. The number of carbonyl (C=O) groups excluding carboxylic acids is 3. The summed E-state index contributed by atoms with van der Waals surface area (Å²) in [7, 11) is 0. The molecule has 0 aliphatic heterocycles. The molecule has 126 valence electrons. The van der Waals surface area contributed by atoms with Crippen LogP contribution in [0, 0.1) is 0 Å². The van der Waals surface area contributed by atoms with E-state index in [1.165, 1.54) is 6.07 Å². The standard InChI is InChI=1S/C21H12O4S/c22-19-12-6-1-2-7-13(12)20(23)18-15(19)9-5-11-17(18)26-16-10-4-3-8-14(16)21(24)25/h1-11H,(H,24,25)/p-1. The molecule has 5 heteroatoms. The van der Waals surface area contributed by atoms with Crippen LogP contribution in [0.15, 0.2) is 76.5 Å². The fourth-order valence-electron chi connectivity index (χ4n) is 3.04. The fourth-order valence-corrected chi connectivity index (χ4v) is 4.14. The lowest BCUT2D eigenvalue weighted by Crippen LogP contribution is -2.23. The first kappa shape index (κ1) is 16.3. The van der Waals surface area contributed by atoms with Gasteiger partial charge in [-0.05, 0) is 12.1 Å². The van der Waals surface area contributed by atoms with Crippen LogP contribution in [0.3, 0.4) is 0 Å². The monoisotopic (exact) mass is 359 g/mol. The van der Waals surface area contributed by atoms with Gasteiger partial charge in [0.15, 0.2) is 11.6 Å². The summed E-state index contributed by atoms with van der Waals surface area (Å²) in [5.41, 5.74) is 1.46. The molecule has 0 aromatic heterocycles. The molecule has 0 unspecified atom stereocenters. The van der Waals surface area contributed by atoms with Crippen molar-refractivity contribution in [1.29, 1.82) is 0 Å². The Kier molecular flexibility index (Phi) is 3.93. The number of hydrogen-bond acceptors (Lipinski definition) is 5. The van der Waals surface area contributed by atoms with Crippen LogP contribution in [0.1, 0.15) is 42.2 Å². The molecule has 1 aliphatic rings. The zero-order valence-electron chi connectivity index (χ0n) is 13.4. The number of fused-ring (bicyclic) bond motifs is 2. The van der Waals surface area contributed by atoms with Crippen molar-refractivity contribution in [1.82, 2.24) is 0 Å². The highest BCUT2D eigenvalue weighted by molar-refractivity contribution is 7.99. The van der Waals surface area contributed by atoms with Gasteiger partial charge in [0.1, 0.15) is 0 Å². The molecule has 26 heavy (non-hydrogen) atoms. The normalized spacial score (nSPS) is 12.5. The maximum Gasteiger partial charge on any atom is 0.195 e. The number of ketones is 2. The summed E-state index contributed by atoms with van der Waals surface area (Å²) >= 11 is 1.14. The van der Waals surface area contributed by atoms with Gasteiger partial charge in [0, 0.05) is 37.6 Å². The minimum atomic E-state index is -1.29. The molecule has 0 amide bonds. The molecule has 0 fully saturated rings. The molecule has 0 bridgehead atoms. The van der Waals surface area contributed by atoms with E-state index in [9.17, 15) is 19.5 Å². The highest BCUT2D eigenvalue weighted by Crippen LogP contribution is 2.38. The van der Waals surface area contributed by atoms with Gasteiger partial charge in [-0.15, -0.1) is 0 Å². The third-order valence-corrected chi connectivity index (χ3v) is 5.38. The highest BCUT2D eigenvalue weighted by atomic mass is 32.2. The number of carboxylic acid groups (broad SMARTS) is 1. The van der Waals surface area contributed by atoms with E-state index in [4.69, 9.17) is 0 Å². The minimum Gasteiger partial charge on any atom is -0.545 e. The molecular weight excluding hydrogens is 348 g/mol. The van der Waals surface area contributed by atoms with Crippen molar-refractivity contribution in [2.24, 2.45) is 0 Å². The van der Waals surface area contributed by atoms with Crippen molar-refractivity contribution in [3.8, 4) is 0 Å². The Hall–Kier alpha value is -3.18. The first-order valence-electron chi connectivity index (χ1n) is 7.87. The van der Waals surface area contributed by atoms with Gasteiger partial charge in [-0.25, -0.2) is 0 Å². The van der Waals surface area contributed by atoms with Crippen molar-refractivity contribution >= 4 is 29.3 Å². The van der Waals surface area contributed by atoms with E-state index < -0.39 is 5.97 Å². The Morgan fingerprint density at radius 2 is 1.27 bits per heavy atom. The average Bonchev–Trinajstić information content (AvgIpc) is 2.66. The Balaban J connectivity index is 1.86. The lowest BCUT2D eigenvalue weighted by molar-refractivity contribution is -0.255. The van der Waals surface area contributed by atoms with Crippen LogP contribution in [0.4, 0.5) is 0 Å². The van der Waals surface area contributed by atoms with E-state index in [1.807, 2.05) is 0 Å². The number of carbonyl (C=O) groups is 3. The van der Waals surface area contributed by atoms with Crippen molar-refractivity contribution in [3.63, 3.8) is 0 Å². The number of aromatic carboxylic acids is 1. The molecule has 3 aromatic rings. The quantitative estimate of drug-likeness (QED) is 0.562. The van der Waals surface area contributed by atoms with Crippen molar-refractivity contribution < 1.29 is 19.5 Å². The van der Waals surface area contributed by atoms with Crippen LogP contribution in [0.25, 0.3) is 0 Å². The third-order valence-electron chi connectivity index (χ3n) is 4.24. The maximum atomic E-state index is 13.0. The summed E-state index contributed by atoms with van der Waals surface area (Å²) in [5, 5.41) is 11.3. The van der Waals surface area contributed by atoms with E-state index >= 15 is 0 Å². The van der Waals surface area contributed by atoms with E-state index in [0.717, 1.165) is 11.8 Å². The summed E-state index contributed by atoms with van der Waals surface area (Å²) in [4.78, 5) is 38.1. The Morgan fingerprint density at radius 1 is 0.692 bits per heavy atom. The van der Waals surface area contributed by atoms with Gasteiger partial charge in [-0.3, -0.25) is 9.59 Å². The summed E-state index contributed by atoms with van der Waals surface area (Å²) in [5.74, 6) is -1.72. The molecule has 1 aliphatic carbocycles. The van der Waals surface area contributed by atoms with E-state index in [0.29, 0.717) is 32.0 Å². The molecule has 0 N–H and O–H groups in total. The molecular formula is C21H11O4S-. The second-order valence-electron chi connectivity index (χ2n) is 5.77. The molecule has 3 aromatic carbocycles. The lowest BCUT2D eigenvalue weighted by atomic mass is 9.84. The van der Waals surface area contributed by atoms with Crippen molar-refractivity contribution in [3.05, 3.63) is 94.5 Å². The van der Waals surface area contributed by atoms with Crippen LogP contribution in [-0.2, 0) is 0 Å². The number of carboxylic acids is 1. The van der Waals surface area contributed by atoms with Gasteiger partial charge in [-0.1, -0.05) is 66.4 Å². The molecule has 0 heterocycles. The average molecular weight is 359 g/mol. The Bertz CT molecular complexity index is 1080. The predicted molar refractivity (Wildman–Crippen MR) is 94.6 cm³/mol. The Labute approximate surface area is 153 Å². The molecule has 4 rings (SSSR count). The molecule has 0 atom stereocenters. The van der Waals surface area contributed by atoms with Crippen LogP contribution in [0.2, 0.25) is 0 Å². The Morgan fingerprint density at radius 3 is 2.00 bits per heavy atom. The van der Waals surface area contributed by atoms with Crippen molar-refractivity contribution in [2.75, 3.05) is 0 Å². The first-order valence-corrected chi connectivity index (χ1v) is 8.69. The van der Waals surface area contributed by atoms with Gasteiger partial charge in [0.2, 0.25) is 0 Å². The van der Waals surface area contributed by atoms with Gasteiger partial charge >= 0.3 is 0 Å². The summed E-state index contributed by atoms with van der Waals surface area (Å²) < 4.78 is 0. The molecule has 0 spiro atoms. The zero-order chi connectivity index (χ0) is 18.3. The summed E-state index contributed by atoms with van der Waals surface area (Å²) in [6.07, 6.45) is 0. The van der Waals surface area contributed by atoms with E-state index in [-0.39, 0.29) is 17.1 Å². The summed E-state index contributed by atoms with van der Waals surface area (Å²) in [6.45, 7) is 0. The number of benzene rings is 3. The minimum absolute atomic E-state index is 0.0464. The fraction of sp³-hybridized carbons (Fsp3) is 0. The van der Waals surface area contributed by atoms with Crippen LogP contribution >= 0.6 is 11.8 Å².